The Hall–Kier alpha value is -1.52. The minimum absolute atomic E-state index is 0.0168. The second-order valence-electron chi connectivity index (χ2n) is 7.87. The number of nitrogens with zero attached hydrogens (tertiary/aromatic N) is 1. The quantitative estimate of drug-likeness (QED) is 0.509. The number of aromatic hydroxyl groups is 2. The number of phenols is 2. The van der Waals surface area contributed by atoms with E-state index in [1.54, 1.807) is 6.07 Å². The fourth-order valence-corrected chi connectivity index (χ4v) is 6.30. The van der Waals surface area contributed by atoms with Gasteiger partial charge in [0.05, 0.1) is 0 Å². The molecule has 1 saturated carbocycles. The minimum Gasteiger partial charge on any atom is -0.504 e. The Morgan fingerprint density at radius 3 is 2.91 bits per heavy atom. The predicted octanol–water partition coefficient (Wildman–Crippen LogP) is 2.71. The van der Waals surface area contributed by atoms with Crippen LogP contribution in [-0.2, 0) is 11.8 Å². The summed E-state index contributed by atoms with van der Waals surface area (Å²) in [4.78, 5) is 0. The van der Waals surface area contributed by atoms with Gasteiger partial charge in [-0.25, -0.2) is 0 Å². The molecule has 0 aromatic heterocycles. The highest BCUT2D eigenvalue weighted by Crippen LogP contribution is 2.73. The summed E-state index contributed by atoms with van der Waals surface area (Å²) in [5.74, 6) is 0.403. The van der Waals surface area contributed by atoms with E-state index < -0.39 is 0 Å². The van der Waals surface area contributed by atoms with Gasteiger partial charge >= 0.3 is 0 Å². The van der Waals surface area contributed by atoms with E-state index in [4.69, 9.17) is 0 Å². The molecule has 1 aromatic carbocycles. The zero-order valence-corrected chi connectivity index (χ0v) is 12.7. The molecule has 1 saturated heterocycles. The van der Waals surface area contributed by atoms with Gasteiger partial charge in [-0.1, -0.05) is 17.7 Å². The molecule has 5 aliphatic rings. The lowest BCUT2D eigenvalue weighted by Gasteiger charge is -2.62. The fourth-order valence-electron chi connectivity index (χ4n) is 6.30. The van der Waals surface area contributed by atoms with E-state index in [0.717, 1.165) is 36.8 Å². The van der Waals surface area contributed by atoms with Crippen LogP contribution >= 0.6 is 0 Å². The van der Waals surface area contributed by atoms with E-state index in [1.807, 2.05) is 6.07 Å². The van der Waals surface area contributed by atoms with Crippen molar-refractivity contribution < 1.29 is 15.4 Å². The van der Waals surface area contributed by atoms with Crippen LogP contribution in [-0.4, -0.2) is 33.1 Å². The summed E-state index contributed by atoms with van der Waals surface area (Å²) in [5.41, 5.74) is 3.40. The first-order valence-corrected chi connectivity index (χ1v) is 8.15. The first-order chi connectivity index (χ1) is 10.5. The molecule has 22 heavy (non-hydrogen) atoms. The first kappa shape index (κ1) is 13.0. The highest BCUT2D eigenvalue weighted by atomic mass is 16.5. The second-order valence-corrected chi connectivity index (χ2v) is 7.87. The van der Waals surface area contributed by atoms with E-state index >= 15 is 0 Å². The number of benzene rings is 1. The molecule has 4 atom stereocenters. The normalized spacial score (nSPS) is 42.0. The molecule has 4 nitrogen and oxygen atoms in total. The minimum atomic E-state index is -0.0905. The molecular weight excluding hydrogens is 278 g/mol. The number of fused-ring (bicyclic) bond motifs is 3. The topological polar surface area (TPSA) is 63.9 Å². The number of hydrogen-bond acceptors (Lipinski definition) is 4. The van der Waals surface area contributed by atoms with Crippen molar-refractivity contribution in [2.75, 3.05) is 6.54 Å². The van der Waals surface area contributed by atoms with Gasteiger partial charge in [-0.2, -0.15) is 5.06 Å². The van der Waals surface area contributed by atoms with E-state index in [1.165, 1.54) is 10.6 Å². The van der Waals surface area contributed by atoms with E-state index in [2.05, 4.69) is 13.0 Å². The van der Waals surface area contributed by atoms with Crippen molar-refractivity contribution in [2.24, 2.45) is 11.3 Å². The Bertz CT molecular complexity index is 727. The highest BCUT2D eigenvalue weighted by molar-refractivity contribution is 5.59. The number of phenolic OH excluding ortho intramolecular Hbond substituents is 2. The molecule has 4 heteroatoms. The first-order valence-electron chi connectivity index (χ1n) is 8.15. The third kappa shape index (κ3) is 1.24. The molecular formula is C18H21NO3. The van der Waals surface area contributed by atoms with Crippen LogP contribution in [0.3, 0.4) is 0 Å². The molecule has 6 rings (SSSR count). The van der Waals surface area contributed by atoms with E-state index in [0.29, 0.717) is 12.5 Å². The average Bonchev–Trinajstić information content (AvgIpc) is 2.56. The second kappa shape index (κ2) is 3.69. The molecule has 1 aliphatic heterocycles. The molecule has 1 heterocycles. The van der Waals surface area contributed by atoms with Crippen molar-refractivity contribution in [3.63, 3.8) is 0 Å². The van der Waals surface area contributed by atoms with Crippen LogP contribution in [0.4, 0.5) is 0 Å². The van der Waals surface area contributed by atoms with Crippen molar-refractivity contribution in [1.82, 2.24) is 5.06 Å². The summed E-state index contributed by atoms with van der Waals surface area (Å²) in [6, 6.07) is 3.63. The van der Waals surface area contributed by atoms with Gasteiger partial charge in [0.1, 0.15) is 0 Å². The van der Waals surface area contributed by atoms with Crippen molar-refractivity contribution in [1.29, 1.82) is 0 Å². The Morgan fingerprint density at radius 1 is 1.27 bits per heavy atom. The molecule has 0 amide bonds. The van der Waals surface area contributed by atoms with Gasteiger partial charge in [-0.05, 0) is 50.2 Å². The predicted molar refractivity (Wildman–Crippen MR) is 81.0 cm³/mol. The lowest BCUT2D eigenvalue weighted by atomic mass is 9.40. The maximum Gasteiger partial charge on any atom is 0.161 e. The summed E-state index contributed by atoms with van der Waals surface area (Å²) in [5, 5.41) is 32.6. The molecule has 3 unspecified atom stereocenters. The third-order valence-electron chi connectivity index (χ3n) is 6.75. The average molecular weight is 299 g/mol. The smallest absolute Gasteiger partial charge is 0.161 e. The fraction of sp³-hybridized carbons (Fsp3) is 0.556. The van der Waals surface area contributed by atoms with Crippen LogP contribution < -0.4 is 0 Å². The van der Waals surface area contributed by atoms with Crippen molar-refractivity contribution in [3.8, 4) is 11.5 Å². The van der Waals surface area contributed by atoms with E-state index in [9.17, 15) is 15.4 Å². The van der Waals surface area contributed by atoms with Crippen molar-refractivity contribution >= 4 is 0 Å². The number of hydrogen-bond donors (Lipinski definition) is 3. The Labute approximate surface area is 129 Å². The van der Waals surface area contributed by atoms with Gasteiger partial charge in [-0.3, -0.25) is 0 Å². The van der Waals surface area contributed by atoms with Crippen LogP contribution in [0, 0.1) is 11.3 Å². The number of rotatable bonds is 0. The van der Waals surface area contributed by atoms with Gasteiger partial charge in [0, 0.05) is 29.0 Å². The SMILES string of the molecule is CC1=CC23CN(O)C4Cc5ccc(O)c(O)c5[C@](CC1)(C2)C43. The zero-order valence-electron chi connectivity index (χ0n) is 12.7. The van der Waals surface area contributed by atoms with Gasteiger partial charge in [0.25, 0.3) is 0 Å². The zero-order chi connectivity index (χ0) is 15.3. The van der Waals surface area contributed by atoms with Crippen LogP contribution in [0.5, 0.6) is 11.5 Å². The van der Waals surface area contributed by atoms with Crippen LogP contribution in [0.1, 0.15) is 37.3 Å². The lowest BCUT2D eigenvalue weighted by Crippen LogP contribution is -2.61. The van der Waals surface area contributed by atoms with Gasteiger partial charge in [-0.15, -0.1) is 0 Å². The summed E-state index contributed by atoms with van der Waals surface area (Å²) < 4.78 is 0. The van der Waals surface area contributed by atoms with Crippen LogP contribution in [0.15, 0.2) is 23.8 Å². The Kier molecular flexibility index (Phi) is 2.17. The molecule has 0 radical (unpaired) electrons. The Morgan fingerprint density at radius 2 is 2.09 bits per heavy atom. The number of hydroxylamine groups is 2. The van der Waals surface area contributed by atoms with Crippen LogP contribution in [0.2, 0.25) is 0 Å². The molecule has 116 valence electrons. The Balaban J connectivity index is 1.78. The van der Waals surface area contributed by atoms with E-state index in [-0.39, 0.29) is 28.4 Å². The molecule has 1 aromatic rings. The standard InChI is InChI=1S/C18H21NO3/c1-10-4-5-18-8-17(7-10)9-19(22)12(16(17)18)6-11-2-3-13(20)15(21)14(11)18/h2-3,7,12,16,20-22H,4-6,8-9H2,1H3/t12?,16?,17?,18-/m0/s1. The van der Waals surface area contributed by atoms with Crippen molar-refractivity contribution in [2.45, 2.75) is 44.1 Å². The molecule has 2 fully saturated rings. The van der Waals surface area contributed by atoms with Gasteiger partial charge in [0.2, 0.25) is 0 Å². The van der Waals surface area contributed by atoms with Gasteiger partial charge in [0.15, 0.2) is 11.5 Å². The monoisotopic (exact) mass is 299 g/mol. The summed E-state index contributed by atoms with van der Waals surface area (Å²) in [7, 11) is 0. The maximum atomic E-state index is 10.5. The summed E-state index contributed by atoms with van der Waals surface area (Å²) >= 11 is 0. The van der Waals surface area contributed by atoms with Crippen LogP contribution in [0.25, 0.3) is 0 Å². The maximum absolute atomic E-state index is 10.5. The third-order valence-corrected chi connectivity index (χ3v) is 6.75. The van der Waals surface area contributed by atoms with Crippen molar-refractivity contribution in [3.05, 3.63) is 34.9 Å². The highest BCUT2D eigenvalue weighted by Gasteiger charge is 2.72. The summed E-state index contributed by atoms with van der Waals surface area (Å²) in [6.45, 7) is 2.87. The number of allylic oxidation sites excluding steroid dienone is 1. The summed E-state index contributed by atoms with van der Waals surface area (Å²) in [6.07, 6.45) is 6.14. The molecule has 4 aliphatic carbocycles. The lowest BCUT2D eigenvalue weighted by molar-refractivity contribution is -0.114. The largest absolute Gasteiger partial charge is 0.504 e. The molecule has 2 spiro atoms. The molecule has 3 N–H and O–H groups in total. The van der Waals surface area contributed by atoms with Gasteiger partial charge < -0.3 is 15.4 Å². The molecule has 2 bridgehead atoms.